The van der Waals surface area contributed by atoms with E-state index in [1.165, 1.54) is 6.42 Å². The van der Waals surface area contributed by atoms with E-state index in [0.29, 0.717) is 12.3 Å². The number of amides is 1. The lowest BCUT2D eigenvalue weighted by atomic mass is 9.77. The highest BCUT2D eigenvalue weighted by Gasteiger charge is 2.41. The number of rotatable bonds is 4. The summed E-state index contributed by atoms with van der Waals surface area (Å²) in [5, 5.41) is 8.86. The molecular weight excluding hydrogens is 194 g/mol. The molecule has 1 aliphatic carbocycles. The summed E-state index contributed by atoms with van der Waals surface area (Å²) in [7, 11) is 1.69. The van der Waals surface area contributed by atoms with Crippen LogP contribution in [0.3, 0.4) is 0 Å². The Morgan fingerprint density at radius 2 is 2.20 bits per heavy atom. The van der Waals surface area contributed by atoms with Gasteiger partial charge in [-0.3, -0.25) is 4.79 Å². The molecule has 0 spiro atoms. The van der Waals surface area contributed by atoms with Crippen LogP contribution in [0.2, 0.25) is 0 Å². The molecule has 0 bridgehead atoms. The van der Waals surface area contributed by atoms with Crippen LogP contribution < -0.4 is 0 Å². The van der Waals surface area contributed by atoms with E-state index < -0.39 is 0 Å². The molecule has 1 N–H and O–H groups in total. The molecule has 2 rings (SSSR count). The van der Waals surface area contributed by atoms with Gasteiger partial charge in [-0.1, -0.05) is 0 Å². The summed E-state index contributed by atoms with van der Waals surface area (Å²) in [5.41, 5.74) is -0.165. The Bertz CT molecular complexity index is 239. The van der Waals surface area contributed by atoms with Crippen LogP contribution in [0.4, 0.5) is 0 Å². The van der Waals surface area contributed by atoms with Crippen LogP contribution in [0.25, 0.3) is 0 Å². The van der Waals surface area contributed by atoms with Crippen molar-refractivity contribution in [2.45, 2.75) is 31.3 Å². The quantitative estimate of drug-likeness (QED) is 0.735. The summed E-state index contributed by atoms with van der Waals surface area (Å²) in [5.74, 6) is 0.482. The van der Waals surface area contributed by atoms with Gasteiger partial charge >= 0.3 is 0 Å². The third kappa shape index (κ3) is 2.01. The third-order valence-corrected chi connectivity index (χ3v) is 3.74. The molecule has 0 radical (unpaired) electrons. The van der Waals surface area contributed by atoms with Gasteiger partial charge in [0.2, 0.25) is 5.91 Å². The number of likely N-dealkylation sites (tertiary alicyclic amines) is 1. The van der Waals surface area contributed by atoms with Crippen LogP contribution in [0, 0.1) is 5.92 Å². The first-order valence-corrected chi connectivity index (χ1v) is 5.63. The minimum absolute atomic E-state index is 0.165. The highest BCUT2D eigenvalue weighted by Crippen LogP contribution is 2.38. The molecule has 0 aromatic rings. The Labute approximate surface area is 90.2 Å². The average molecular weight is 213 g/mol. The first kappa shape index (κ1) is 10.9. The van der Waals surface area contributed by atoms with Gasteiger partial charge < -0.3 is 14.7 Å². The zero-order valence-electron chi connectivity index (χ0n) is 9.24. The summed E-state index contributed by atoms with van der Waals surface area (Å²) in [4.78, 5) is 13.6. The standard InChI is InChI=1S/C11H19NO3/c1-15-11(3-2-4-11)5-10(14)12-6-9(7-12)8-13/h9,13H,2-8H2,1H3. The molecule has 15 heavy (non-hydrogen) atoms. The van der Waals surface area contributed by atoms with Crippen molar-refractivity contribution >= 4 is 5.91 Å². The van der Waals surface area contributed by atoms with Crippen LogP contribution in [0.1, 0.15) is 25.7 Å². The Morgan fingerprint density at radius 1 is 1.53 bits per heavy atom. The van der Waals surface area contributed by atoms with Gasteiger partial charge in [0.25, 0.3) is 0 Å². The summed E-state index contributed by atoms with van der Waals surface area (Å²) in [6, 6.07) is 0. The Kier molecular flexibility index (Phi) is 2.98. The fourth-order valence-corrected chi connectivity index (χ4v) is 2.30. The molecule has 0 aromatic carbocycles. The van der Waals surface area contributed by atoms with Gasteiger partial charge in [0.1, 0.15) is 0 Å². The van der Waals surface area contributed by atoms with E-state index in [9.17, 15) is 4.79 Å². The van der Waals surface area contributed by atoms with E-state index in [1.54, 1.807) is 7.11 Å². The molecule has 0 atom stereocenters. The first-order chi connectivity index (χ1) is 7.19. The molecule has 2 fully saturated rings. The van der Waals surface area contributed by atoms with Crippen LogP contribution in [0.15, 0.2) is 0 Å². The number of ether oxygens (including phenoxy) is 1. The maximum absolute atomic E-state index is 11.8. The summed E-state index contributed by atoms with van der Waals surface area (Å²) in [6.07, 6.45) is 3.70. The van der Waals surface area contributed by atoms with E-state index >= 15 is 0 Å². The highest BCUT2D eigenvalue weighted by molar-refractivity contribution is 5.78. The zero-order chi connectivity index (χ0) is 10.9. The number of aliphatic hydroxyl groups excluding tert-OH is 1. The van der Waals surface area contributed by atoms with Crippen molar-refractivity contribution in [1.82, 2.24) is 4.90 Å². The third-order valence-electron chi connectivity index (χ3n) is 3.74. The van der Waals surface area contributed by atoms with Crippen molar-refractivity contribution in [3.05, 3.63) is 0 Å². The predicted molar refractivity (Wildman–Crippen MR) is 55.4 cm³/mol. The van der Waals surface area contributed by atoms with E-state index in [-0.39, 0.29) is 18.1 Å². The van der Waals surface area contributed by atoms with Crippen molar-refractivity contribution in [2.24, 2.45) is 5.92 Å². The van der Waals surface area contributed by atoms with Gasteiger partial charge in [-0.15, -0.1) is 0 Å². The molecule has 2 aliphatic rings. The second-order valence-corrected chi connectivity index (χ2v) is 4.76. The first-order valence-electron chi connectivity index (χ1n) is 5.63. The Morgan fingerprint density at radius 3 is 2.60 bits per heavy atom. The van der Waals surface area contributed by atoms with Crippen molar-refractivity contribution < 1.29 is 14.6 Å². The number of hydrogen-bond donors (Lipinski definition) is 1. The second kappa shape index (κ2) is 4.10. The summed E-state index contributed by atoms with van der Waals surface area (Å²) in [6.45, 7) is 1.63. The van der Waals surface area contributed by atoms with Crippen LogP contribution in [-0.2, 0) is 9.53 Å². The molecule has 86 valence electrons. The minimum atomic E-state index is -0.165. The molecule has 0 unspecified atom stereocenters. The molecular formula is C11H19NO3. The van der Waals surface area contributed by atoms with Crippen LogP contribution >= 0.6 is 0 Å². The Hall–Kier alpha value is -0.610. The maximum atomic E-state index is 11.8. The average Bonchev–Trinajstić information content (AvgIpc) is 2.09. The molecule has 4 heteroatoms. The fraction of sp³-hybridized carbons (Fsp3) is 0.909. The predicted octanol–water partition coefficient (Wildman–Crippen LogP) is 0.396. The molecule has 1 aliphatic heterocycles. The van der Waals surface area contributed by atoms with Gasteiger partial charge in [0.15, 0.2) is 0 Å². The van der Waals surface area contributed by atoms with Crippen LogP contribution in [-0.4, -0.2) is 48.3 Å². The number of carbonyl (C=O) groups excluding carboxylic acids is 1. The lowest BCUT2D eigenvalue weighted by molar-refractivity contribution is -0.150. The largest absolute Gasteiger partial charge is 0.396 e. The van der Waals surface area contributed by atoms with E-state index in [4.69, 9.17) is 9.84 Å². The van der Waals surface area contributed by atoms with Crippen molar-refractivity contribution in [1.29, 1.82) is 0 Å². The SMILES string of the molecule is COC1(CC(=O)N2CC(CO)C2)CCC1. The number of methoxy groups -OCH3 is 1. The molecule has 1 amide bonds. The van der Waals surface area contributed by atoms with E-state index in [2.05, 4.69) is 0 Å². The van der Waals surface area contributed by atoms with Gasteiger partial charge in [-0.25, -0.2) is 0 Å². The molecule has 1 heterocycles. The number of aliphatic hydroxyl groups is 1. The number of carbonyl (C=O) groups is 1. The molecule has 4 nitrogen and oxygen atoms in total. The van der Waals surface area contributed by atoms with Crippen molar-refractivity contribution in [3.8, 4) is 0 Å². The molecule has 1 saturated heterocycles. The topological polar surface area (TPSA) is 49.8 Å². The van der Waals surface area contributed by atoms with Gasteiger partial charge in [0, 0.05) is 32.7 Å². The fourth-order valence-electron chi connectivity index (χ4n) is 2.30. The second-order valence-electron chi connectivity index (χ2n) is 4.76. The van der Waals surface area contributed by atoms with Gasteiger partial charge in [-0.2, -0.15) is 0 Å². The maximum Gasteiger partial charge on any atom is 0.225 e. The van der Waals surface area contributed by atoms with E-state index in [1.807, 2.05) is 4.90 Å². The van der Waals surface area contributed by atoms with Crippen LogP contribution in [0.5, 0.6) is 0 Å². The zero-order valence-corrected chi connectivity index (χ0v) is 9.24. The Balaban J connectivity index is 1.78. The summed E-state index contributed by atoms with van der Waals surface area (Å²) >= 11 is 0. The van der Waals surface area contributed by atoms with Crippen molar-refractivity contribution in [2.75, 3.05) is 26.8 Å². The lowest BCUT2D eigenvalue weighted by Gasteiger charge is -2.44. The smallest absolute Gasteiger partial charge is 0.225 e. The number of hydrogen-bond acceptors (Lipinski definition) is 3. The molecule has 0 aromatic heterocycles. The normalized spacial score (nSPS) is 24.5. The highest BCUT2D eigenvalue weighted by atomic mass is 16.5. The van der Waals surface area contributed by atoms with Crippen molar-refractivity contribution in [3.63, 3.8) is 0 Å². The minimum Gasteiger partial charge on any atom is -0.396 e. The summed E-state index contributed by atoms with van der Waals surface area (Å²) < 4.78 is 5.42. The molecule has 1 saturated carbocycles. The van der Waals surface area contributed by atoms with Gasteiger partial charge in [0.05, 0.1) is 12.0 Å². The van der Waals surface area contributed by atoms with Gasteiger partial charge in [-0.05, 0) is 19.3 Å². The van der Waals surface area contributed by atoms with E-state index in [0.717, 1.165) is 25.9 Å². The monoisotopic (exact) mass is 213 g/mol. The number of nitrogens with zero attached hydrogens (tertiary/aromatic N) is 1. The lowest BCUT2D eigenvalue weighted by Crippen LogP contribution is -2.54.